The molecular weight excluding hydrogens is 434 g/mol. The summed E-state index contributed by atoms with van der Waals surface area (Å²) >= 11 is 0. The molecule has 5 heteroatoms. The van der Waals surface area contributed by atoms with Crippen molar-refractivity contribution >= 4 is 23.0 Å². The number of imidazole rings is 1. The lowest BCUT2D eigenvalue weighted by Crippen LogP contribution is -2.13. The van der Waals surface area contributed by atoms with Gasteiger partial charge in [-0.05, 0) is 59.7 Å². The number of amides is 1. The van der Waals surface area contributed by atoms with Crippen molar-refractivity contribution in [2.24, 2.45) is 0 Å². The first-order chi connectivity index (χ1) is 17.2. The van der Waals surface area contributed by atoms with E-state index >= 15 is 0 Å². The maximum absolute atomic E-state index is 11.6. The number of likely N-dealkylation sites (N-methyl/N-ethyl adjacent to an activating group) is 1. The van der Waals surface area contributed by atoms with E-state index < -0.39 is 0 Å². The smallest absolute Gasteiger partial charge is 0.243 e. The van der Waals surface area contributed by atoms with Crippen LogP contribution in [0.25, 0.3) is 34.2 Å². The molecule has 5 rings (SSSR count). The van der Waals surface area contributed by atoms with Gasteiger partial charge in [-0.15, -0.1) is 0 Å². The highest BCUT2D eigenvalue weighted by atomic mass is 16.5. The van der Waals surface area contributed by atoms with E-state index in [-0.39, 0.29) is 5.91 Å². The Labute approximate surface area is 204 Å². The third-order valence-electron chi connectivity index (χ3n) is 5.72. The van der Waals surface area contributed by atoms with Gasteiger partial charge in [-0.1, -0.05) is 60.7 Å². The lowest BCUT2D eigenvalue weighted by Gasteiger charge is -2.12. The number of nitrogens with zero attached hydrogens (tertiary/aromatic N) is 2. The molecule has 0 saturated carbocycles. The number of hydrogen-bond acceptors (Lipinski definition) is 3. The SMILES string of the molecule is CNC(=O)/C=C/c1cccc(-c2nc3ccccc3n2-c2ccc(OCc3ccccc3)cc2)c1. The van der Waals surface area contributed by atoms with Crippen LogP contribution in [0.4, 0.5) is 0 Å². The first-order valence-corrected chi connectivity index (χ1v) is 11.5. The third kappa shape index (κ3) is 4.99. The quantitative estimate of drug-likeness (QED) is 0.302. The molecule has 1 heterocycles. The van der Waals surface area contributed by atoms with E-state index in [0.717, 1.165) is 45.0 Å². The highest BCUT2D eigenvalue weighted by Gasteiger charge is 2.14. The molecule has 0 aliphatic rings. The van der Waals surface area contributed by atoms with Gasteiger partial charge in [0, 0.05) is 24.4 Å². The van der Waals surface area contributed by atoms with Crippen LogP contribution in [0.1, 0.15) is 11.1 Å². The number of aromatic nitrogens is 2. The van der Waals surface area contributed by atoms with Crippen LogP contribution in [0.3, 0.4) is 0 Å². The maximum Gasteiger partial charge on any atom is 0.243 e. The predicted molar refractivity (Wildman–Crippen MR) is 140 cm³/mol. The summed E-state index contributed by atoms with van der Waals surface area (Å²) in [5, 5.41) is 2.60. The van der Waals surface area contributed by atoms with E-state index in [0.29, 0.717) is 6.61 Å². The normalized spacial score (nSPS) is 11.1. The van der Waals surface area contributed by atoms with Crippen molar-refractivity contribution in [3.63, 3.8) is 0 Å². The first kappa shape index (κ1) is 22.2. The van der Waals surface area contributed by atoms with E-state index in [2.05, 4.69) is 28.1 Å². The van der Waals surface area contributed by atoms with Crippen LogP contribution in [0.5, 0.6) is 5.75 Å². The minimum Gasteiger partial charge on any atom is -0.489 e. The number of para-hydroxylation sites is 2. The van der Waals surface area contributed by atoms with Gasteiger partial charge in [-0.3, -0.25) is 9.36 Å². The number of fused-ring (bicyclic) bond motifs is 1. The number of carbonyl (C=O) groups excluding carboxylic acids is 1. The maximum atomic E-state index is 11.6. The van der Waals surface area contributed by atoms with Crippen LogP contribution in [-0.2, 0) is 11.4 Å². The van der Waals surface area contributed by atoms with Gasteiger partial charge in [0.1, 0.15) is 18.2 Å². The van der Waals surface area contributed by atoms with Crippen LogP contribution in [0, 0.1) is 0 Å². The van der Waals surface area contributed by atoms with Crippen molar-refractivity contribution in [2.75, 3.05) is 7.05 Å². The van der Waals surface area contributed by atoms with Gasteiger partial charge in [-0.2, -0.15) is 0 Å². The third-order valence-corrected chi connectivity index (χ3v) is 5.72. The topological polar surface area (TPSA) is 56.2 Å². The lowest BCUT2D eigenvalue weighted by atomic mass is 10.1. The minimum absolute atomic E-state index is 0.141. The minimum atomic E-state index is -0.141. The summed E-state index contributed by atoms with van der Waals surface area (Å²) in [6.07, 6.45) is 3.32. The number of hydrogen-bond donors (Lipinski definition) is 1. The summed E-state index contributed by atoms with van der Waals surface area (Å²) in [5.74, 6) is 1.50. The van der Waals surface area contributed by atoms with Crippen molar-refractivity contribution in [1.82, 2.24) is 14.9 Å². The molecule has 1 N–H and O–H groups in total. The Morgan fingerprint density at radius 3 is 2.49 bits per heavy atom. The second-order valence-electron chi connectivity index (χ2n) is 8.10. The molecule has 0 bridgehead atoms. The fourth-order valence-corrected chi connectivity index (χ4v) is 3.95. The van der Waals surface area contributed by atoms with E-state index in [1.54, 1.807) is 13.1 Å². The number of ether oxygens (including phenoxy) is 1. The van der Waals surface area contributed by atoms with Crippen LogP contribution in [0.2, 0.25) is 0 Å². The fourth-order valence-electron chi connectivity index (χ4n) is 3.95. The molecule has 35 heavy (non-hydrogen) atoms. The Bertz CT molecular complexity index is 1490. The number of rotatable bonds is 7. The molecule has 0 saturated heterocycles. The second-order valence-corrected chi connectivity index (χ2v) is 8.10. The molecule has 0 unspecified atom stereocenters. The molecule has 0 aliphatic heterocycles. The number of benzene rings is 4. The highest BCUT2D eigenvalue weighted by Crippen LogP contribution is 2.30. The Balaban J connectivity index is 1.49. The zero-order valence-electron chi connectivity index (χ0n) is 19.4. The summed E-state index contributed by atoms with van der Waals surface area (Å²) in [7, 11) is 1.61. The molecule has 172 valence electrons. The van der Waals surface area contributed by atoms with Gasteiger partial charge in [-0.25, -0.2) is 4.98 Å². The molecule has 4 aromatic carbocycles. The standard InChI is InChI=1S/C30H25N3O2/c1-31-29(34)19-14-22-10-7-11-24(20-22)30-32-27-12-5-6-13-28(27)33(30)25-15-17-26(18-16-25)35-21-23-8-3-2-4-9-23/h2-20H,21H2,1H3,(H,31,34)/b19-14+. The van der Waals surface area contributed by atoms with Gasteiger partial charge in [0.2, 0.25) is 5.91 Å². The monoisotopic (exact) mass is 459 g/mol. The summed E-state index contributed by atoms with van der Waals surface area (Å²) in [6, 6.07) is 34.3. The van der Waals surface area contributed by atoms with E-state index in [1.165, 1.54) is 6.08 Å². The molecule has 5 nitrogen and oxygen atoms in total. The largest absolute Gasteiger partial charge is 0.489 e. The fraction of sp³-hybridized carbons (Fsp3) is 0.0667. The van der Waals surface area contributed by atoms with Crippen molar-refractivity contribution in [1.29, 1.82) is 0 Å². The average molecular weight is 460 g/mol. The second kappa shape index (κ2) is 10.1. The first-order valence-electron chi connectivity index (χ1n) is 11.5. The summed E-state index contributed by atoms with van der Waals surface area (Å²) < 4.78 is 8.12. The number of carbonyl (C=O) groups is 1. The molecule has 0 fully saturated rings. The molecular formula is C30H25N3O2. The van der Waals surface area contributed by atoms with E-state index in [9.17, 15) is 4.79 Å². The van der Waals surface area contributed by atoms with Crippen molar-refractivity contribution in [3.05, 3.63) is 120 Å². The average Bonchev–Trinajstić information content (AvgIpc) is 3.31. The zero-order chi connectivity index (χ0) is 24.0. The van der Waals surface area contributed by atoms with Crippen LogP contribution < -0.4 is 10.1 Å². The Kier molecular flexibility index (Phi) is 6.39. The summed E-state index contributed by atoms with van der Waals surface area (Å²) in [6.45, 7) is 0.524. The molecule has 0 spiro atoms. The van der Waals surface area contributed by atoms with E-state index in [1.807, 2.05) is 84.9 Å². The summed E-state index contributed by atoms with van der Waals surface area (Å²) in [4.78, 5) is 16.6. The van der Waals surface area contributed by atoms with Gasteiger partial charge in [0.25, 0.3) is 0 Å². The summed E-state index contributed by atoms with van der Waals surface area (Å²) in [5.41, 5.74) is 5.95. The van der Waals surface area contributed by atoms with Gasteiger partial charge in [0.05, 0.1) is 11.0 Å². The molecule has 1 aromatic heterocycles. The molecule has 0 atom stereocenters. The molecule has 0 radical (unpaired) electrons. The Morgan fingerprint density at radius 2 is 1.69 bits per heavy atom. The molecule has 5 aromatic rings. The van der Waals surface area contributed by atoms with Crippen molar-refractivity contribution in [3.8, 4) is 22.8 Å². The van der Waals surface area contributed by atoms with Gasteiger partial charge in [0.15, 0.2) is 0 Å². The van der Waals surface area contributed by atoms with Gasteiger partial charge >= 0.3 is 0 Å². The zero-order valence-corrected chi connectivity index (χ0v) is 19.4. The lowest BCUT2D eigenvalue weighted by molar-refractivity contribution is -0.115. The Hall–Kier alpha value is -4.64. The molecule has 1 amide bonds. The van der Waals surface area contributed by atoms with Crippen molar-refractivity contribution in [2.45, 2.75) is 6.61 Å². The van der Waals surface area contributed by atoms with Gasteiger partial charge < -0.3 is 10.1 Å². The van der Waals surface area contributed by atoms with Crippen molar-refractivity contribution < 1.29 is 9.53 Å². The van der Waals surface area contributed by atoms with Crippen LogP contribution in [-0.4, -0.2) is 22.5 Å². The Morgan fingerprint density at radius 1 is 0.914 bits per heavy atom. The van der Waals surface area contributed by atoms with Crippen LogP contribution >= 0.6 is 0 Å². The highest BCUT2D eigenvalue weighted by molar-refractivity contribution is 5.91. The predicted octanol–water partition coefficient (Wildman–Crippen LogP) is 6.03. The van der Waals surface area contributed by atoms with Crippen LogP contribution in [0.15, 0.2) is 109 Å². The number of nitrogens with one attached hydrogen (secondary N) is 1. The molecule has 0 aliphatic carbocycles. The van der Waals surface area contributed by atoms with E-state index in [4.69, 9.17) is 9.72 Å².